The number of pyridine rings is 1. The molecule has 3 aromatic heterocycles. The van der Waals surface area contributed by atoms with E-state index in [0.29, 0.717) is 18.1 Å². The number of aromatic amines is 1. The topological polar surface area (TPSA) is 149 Å². The Kier molecular flexibility index (Phi) is 8.16. The van der Waals surface area contributed by atoms with Gasteiger partial charge in [0.05, 0.1) is 7.11 Å². The number of unbranched alkanes of at least 4 members (excludes halogenated alkanes) is 1. The average Bonchev–Trinajstić information content (AvgIpc) is 3.64. The second-order valence-electron chi connectivity index (χ2n) is 9.22. The van der Waals surface area contributed by atoms with Crippen molar-refractivity contribution < 1.29 is 19.4 Å². The van der Waals surface area contributed by atoms with Crippen molar-refractivity contribution in [2.45, 2.75) is 32.7 Å². The lowest BCUT2D eigenvalue weighted by Gasteiger charge is -2.14. The van der Waals surface area contributed by atoms with Gasteiger partial charge in [0.25, 0.3) is 0 Å². The van der Waals surface area contributed by atoms with Gasteiger partial charge in [0.15, 0.2) is 10.8 Å². The summed E-state index contributed by atoms with van der Waals surface area (Å²) in [5.74, 6) is -0.779. The number of nitrogens with zero attached hydrogens (tertiary/aromatic N) is 6. The summed E-state index contributed by atoms with van der Waals surface area (Å²) in [6.07, 6.45) is 2.30. The van der Waals surface area contributed by atoms with E-state index in [9.17, 15) is 14.7 Å². The molecule has 0 saturated carbocycles. The van der Waals surface area contributed by atoms with Crippen molar-refractivity contribution in [3.05, 3.63) is 94.3 Å². The minimum absolute atomic E-state index is 0.0231. The molecule has 5 rings (SSSR count). The van der Waals surface area contributed by atoms with Crippen LogP contribution in [0.25, 0.3) is 22.5 Å². The number of aromatic nitrogens is 7. The fourth-order valence-electron chi connectivity index (χ4n) is 4.53. The van der Waals surface area contributed by atoms with Gasteiger partial charge in [0.2, 0.25) is 11.6 Å². The molecule has 0 aliphatic carbocycles. The van der Waals surface area contributed by atoms with E-state index in [0.717, 1.165) is 35.1 Å². The molecular weight excluding hydrogens is 546 g/mol. The van der Waals surface area contributed by atoms with Crippen molar-refractivity contribution in [3.63, 3.8) is 0 Å². The molecule has 0 unspecified atom stereocenters. The number of methoxy groups -OCH3 is 1. The van der Waals surface area contributed by atoms with Crippen molar-refractivity contribution in [1.82, 2.24) is 35.2 Å². The lowest BCUT2D eigenvalue weighted by molar-refractivity contribution is 0.0594. The van der Waals surface area contributed by atoms with Crippen LogP contribution >= 0.6 is 11.6 Å². The lowest BCUT2D eigenvalue weighted by atomic mass is 9.97. The molecule has 0 radical (unpaired) electrons. The predicted molar refractivity (Wildman–Crippen MR) is 151 cm³/mol. The summed E-state index contributed by atoms with van der Waals surface area (Å²) in [4.78, 5) is 34.4. The highest BCUT2D eigenvalue weighted by atomic mass is 35.5. The molecule has 208 valence electrons. The van der Waals surface area contributed by atoms with Crippen LogP contribution in [0.5, 0.6) is 5.75 Å². The van der Waals surface area contributed by atoms with Crippen molar-refractivity contribution in [2.24, 2.45) is 0 Å². The molecule has 12 heteroatoms. The molecular formula is C29H26ClN7O4. The van der Waals surface area contributed by atoms with Crippen LogP contribution in [0.2, 0.25) is 5.15 Å². The third kappa shape index (κ3) is 5.71. The molecule has 3 heterocycles. The molecule has 5 aromatic rings. The van der Waals surface area contributed by atoms with E-state index < -0.39 is 17.5 Å². The van der Waals surface area contributed by atoms with Gasteiger partial charge in [-0.05, 0) is 46.5 Å². The number of ether oxygens (including phenoxy) is 1. The summed E-state index contributed by atoms with van der Waals surface area (Å²) < 4.78 is 6.45. The van der Waals surface area contributed by atoms with Gasteiger partial charge in [0, 0.05) is 18.5 Å². The normalized spacial score (nSPS) is 11.0. The molecule has 11 nitrogen and oxygen atoms in total. The number of carbonyl (C=O) groups excluding carboxylic acids is 2. The number of H-pyrrole nitrogens is 1. The Hall–Kier alpha value is -4.90. The third-order valence-electron chi connectivity index (χ3n) is 6.55. The molecule has 0 bridgehead atoms. The van der Waals surface area contributed by atoms with Gasteiger partial charge in [0.1, 0.15) is 23.0 Å². The van der Waals surface area contributed by atoms with Gasteiger partial charge in [-0.2, -0.15) is 5.21 Å². The Bertz CT molecular complexity index is 1700. The van der Waals surface area contributed by atoms with Crippen LogP contribution in [0.3, 0.4) is 0 Å². The van der Waals surface area contributed by atoms with E-state index in [1.807, 2.05) is 48.5 Å². The summed E-state index contributed by atoms with van der Waals surface area (Å²) in [6, 6.07) is 18.2. The molecule has 0 aliphatic heterocycles. The van der Waals surface area contributed by atoms with Crippen LogP contribution in [-0.2, 0) is 17.7 Å². The van der Waals surface area contributed by atoms with Crippen LogP contribution in [0.15, 0.2) is 60.7 Å². The number of halogens is 1. The quantitative estimate of drug-likeness (QED) is 0.176. The maximum absolute atomic E-state index is 13.8. The highest BCUT2D eigenvalue weighted by molar-refractivity contribution is 6.33. The smallest absolute Gasteiger partial charge is 0.356 e. The highest BCUT2D eigenvalue weighted by Crippen LogP contribution is 2.32. The minimum atomic E-state index is -0.741. The molecule has 2 aromatic carbocycles. The van der Waals surface area contributed by atoms with Gasteiger partial charge in [-0.1, -0.05) is 67.4 Å². The van der Waals surface area contributed by atoms with Crippen molar-refractivity contribution in [2.75, 3.05) is 7.11 Å². The van der Waals surface area contributed by atoms with Gasteiger partial charge in [-0.3, -0.25) is 4.79 Å². The summed E-state index contributed by atoms with van der Waals surface area (Å²) in [5, 5.41) is 25.1. The number of ketones is 1. The van der Waals surface area contributed by atoms with E-state index in [1.165, 1.54) is 19.2 Å². The molecule has 0 amide bonds. The second kappa shape index (κ2) is 12.1. The Morgan fingerprint density at radius 2 is 1.85 bits per heavy atom. The van der Waals surface area contributed by atoms with Gasteiger partial charge in [-0.25, -0.2) is 14.8 Å². The van der Waals surface area contributed by atoms with Gasteiger partial charge < -0.3 is 14.4 Å². The zero-order valence-electron chi connectivity index (χ0n) is 22.3. The van der Waals surface area contributed by atoms with E-state index in [2.05, 4.69) is 37.5 Å². The van der Waals surface area contributed by atoms with Crippen LogP contribution in [0.4, 0.5) is 0 Å². The van der Waals surface area contributed by atoms with Crippen molar-refractivity contribution >= 4 is 23.4 Å². The zero-order valence-corrected chi connectivity index (χ0v) is 23.1. The number of benzene rings is 2. The number of rotatable bonds is 10. The first-order valence-electron chi connectivity index (χ1n) is 12.9. The van der Waals surface area contributed by atoms with Crippen LogP contribution in [0.1, 0.15) is 57.8 Å². The molecule has 0 spiro atoms. The number of hydrogen-bond donors (Lipinski definition) is 2. The fourth-order valence-corrected chi connectivity index (χ4v) is 4.82. The molecule has 0 fully saturated rings. The predicted octanol–water partition coefficient (Wildman–Crippen LogP) is 4.89. The van der Waals surface area contributed by atoms with Crippen LogP contribution < -0.4 is 0 Å². The van der Waals surface area contributed by atoms with E-state index in [4.69, 9.17) is 16.3 Å². The van der Waals surface area contributed by atoms with E-state index >= 15 is 0 Å². The standard InChI is InChI=1S/C29H26ClN7O4/c1-3-4-10-23-32-27(30)25(26(39)24-22(38)14-13-21(31-24)29(40)41-2)37(23)16-17-11-12-19(18-8-6-5-7-9-18)20(15-17)28-33-35-36-34-28/h5-9,11-15,38H,3-4,10,16H2,1-2H3,(H,33,34,35,36). The number of nitrogens with one attached hydrogen (secondary N) is 1. The maximum atomic E-state index is 13.8. The number of aromatic hydroxyl groups is 1. The van der Waals surface area contributed by atoms with Crippen molar-refractivity contribution in [1.29, 1.82) is 0 Å². The largest absolute Gasteiger partial charge is 0.506 e. The third-order valence-corrected chi connectivity index (χ3v) is 6.82. The first kappa shape index (κ1) is 27.7. The number of aryl methyl sites for hydroxylation is 1. The number of imidazole rings is 1. The molecule has 0 saturated heterocycles. The van der Waals surface area contributed by atoms with E-state index in [1.54, 1.807) is 4.57 Å². The first-order valence-corrected chi connectivity index (χ1v) is 13.3. The number of carbonyl (C=O) groups is 2. The summed E-state index contributed by atoms with van der Waals surface area (Å²) in [6.45, 7) is 2.29. The molecule has 41 heavy (non-hydrogen) atoms. The van der Waals surface area contributed by atoms with Crippen LogP contribution in [-0.4, -0.2) is 59.1 Å². The summed E-state index contributed by atoms with van der Waals surface area (Å²) in [5.41, 5.74) is 3.07. The Morgan fingerprint density at radius 3 is 2.56 bits per heavy atom. The van der Waals surface area contributed by atoms with Crippen LogP contribution in [0, 0.1) is 0 Å². The minimum Gasteiger partial charge on any atom is -0.506 e. The Morgan fingerprint density at radius 1 is 1.05 bits per heavy atom. The Labute approximate surface area is 240 Å². The molecule has 2 N–H and O–H groups in total. The highest BCUT2D eigenvalue weighted by Gasteiger charge is 2.27. The second-order valence-corrected chi connectivity index (χ2v) is 9.58. The van der Waals surface area contributed by atoms with E-state index in [-0.39, 0.29) is 28.8 Å². The van der Waals surface area contributed by atoms with Gasteiger partial charge in [-0.15, -0.1) is 10.2 Å². The number of hydrogen-bond acceptors (Lipinski definition) is 9. The average molecular weight is 572 g/mol. The fraction of sp³-hybridized carbons (Fsp3) is 0.207. The molecule has 0 atom stereocenters. The maximum Gasteiger partial charge on any atom is 0.356 e. The number of tetrazole rings is 1. The van der Waals surface area contributed by atoms with Gasteiger partial charge >= 0.3 is 5.97 Å². The lowest BCUT2D eigenvalue weighted by Crippen LogP contribution is -2.17. The monoisotopic (exact) mass is 571 g/mol. The SMILES string of the molecule is CCCCc1nc(Cl)c(C(=O)c2nc(C(=O)OC)ccc2O)n1Cc1ccc(-c2ccccc2)c(-c2nn[nH]n2)c1. The Balaban J connectivity index is 1.61. The first-order chi connectivity index (χ1) is 19.9. The summed E-state index contributed by atoms with van der Waals surface area (Å²) in [7, 11) is 1.20. The number of esters is 1. The van der Waals surface area contributed by atoms with Crippen molar-refractivity contribution in [3.8, 4) is 28.3 Å². The zero-order chi connectivity index (χ0) is 28.9. The summed E-state index contributed by atoms with van der Waals surface area (Å²) >= 11 is 6.55. The molecule has 0 aliphatic rings.